The van der Waals surface area contributed by atoms with Crippen LogP contribution in [0.5, 0.6) is 0 Å². The van der Waals surface area contributed by atoms with Gasteiger partial charge in [0.2, 0.25) is 0 Å². The Labute approximate surface area is 112 Å². The summed E-state index contributed by atoms with van der Waals surface area (Å²) in [6.45, 7) is 5.35. The Morgan fingerprint density at radius 1 is 1.44 bits per heavy atom. The first-order valence-corrected chi connectivity index (χ1v) is 6.47. The summed E-state index contributed by atoms with van der Waals surface area (Å²) in [5.74, 6) is -0.493. The first kappa shape index (κ1) is 14.8. The molecule has 0 unspecified atom stereocenters. The number of carbonyl (C=O) groups is 1. The number of unbranched alkanes of at least 4 members (excludes halogenated alkanes) is 1. The average Bonchev–Trinajstić information content (AvgIpc) is 2.35. The predicted octanol–water partition coefficient (Wildman–Crippen LogP) is 4.13. The van der Waals surface area contributed by atoms with E-state index in [-0.39, 0.29) is 11.1 Å². The lowest BCUT2D eigenvalue weighted by Crippen LogP contribution is -2.35. The van der Waals surface area contributed by atoms with Gasteiger partial charge in [-0.2, -0.15) is 0 Å². The number of carbonyl (C=O) groups excluding carboxylic acids is 1. The predicted molar refractivity (Wildman–Crippen MR) is 72.6 cm³/mol. The molecular formula is C13H18ClFN2O. The molecule has 0 aliphatic heterocycles. The Balaban J connectivity index is 2.64. The number of rotatable bonds is 5. The molecule has 0 bridgehead atoms. The molecule has 2 amide bonds. The van der Waals surface area contributed by atoms with Crippen molar-refractivity contribution >= 4 is 23.3 Å². The van der Waals surface area contributed by atoms with Crippen molar-refractivity contribution in [3.8, 4) is 0 Å². The summed E-state index contributed by atoms with van der Waals surface area (Å²) in [6, 6.07) is 3.95. The van der Waals surface area contributed by atoms with E-state index in [1.807, 2.05) is 6.92 Å². The molecule has 0 radical (unpaired) electrons. The molecule has 0 fully saturated rings. The van der Waals surface area contributed by atoms with E-state index >= 15 is 0 Å². The second-order valence-corrected chi connectivity index (χ2v) is 4.40. The Kier molecular flexibility index (Phi) is 5.92. The van der Waals surface area contributed by atoms with Crippen LogP contribution in [0.15, 0.2) is 18.2 Å². The van der Waals surface area contributed by atoms with Gasteiger partial charge in [-0.1, -0.05) is 24.9 Å². The van der Waals surface area contributed by atoms with Crippen LogP contribution in [0, 0.1) is 5.82 Å². The lowest BCUT2D eigenvalue weighted by molar-refractivity contribution is 0.213. The van der Waals surface area contributed by atoms with Gasteiger partial charge in [0.05, 0.1) is 5.02 Å². The molecule has 0 saturated carbocycles. The number of hydrogen-bond donors (Lipinski definition) is 1. The highest BCUT2D eigenvalue weighted by atomic mass is 35.5. The molecule has 3 nitrogen and oxygen atoms in total. The highest BCUT2D eigenvalue weighted by Crippen LogP contribution is 2.19. The van der Waals surface area contributed by atoms with Gasteiger partial charge in [-0.3, -0.25) is 0 Å². The number of anilines is 1. The van der Waals surface area contributed by atoms with E-state index in [1.165, 1.54) is 18.2 Å². The molecule has 1 rings (SSSR count). The number of benzene rings is 1. The van der Waals surface area contributed by atoms with Crippen molar-refractivity contribution in [1.82, 2.24) is 4.90 Å². The molecule has 1 N–H and O–H groups in total. The summed E-state index contributed by atoms with van der Waals surface area (Å²) in [5.41, 5.74) is 0.501. The summed E-state index contributed by atoms with van der Waals surface area (Å²) in [4.78, 5) is 13.6. The molecule has 0 atom stereocenters. The fourth-order valence-corrected chi connectivity index (χ4v) is 1.71. The van der Waals surface area contributed by atoms with Crippen LogP contribution in [0.25, 0.3) is 0 Å². The quantitative estimate of drug-likeness (QED) is 0.859. The van der Waals surface area contributed by atoms with Gasteiger partial charge in [0, 0.05) is 18.8 Å². The van der Waals surface area contributed by atoms with Crippen molar-refractivity contribution in [3.05, 3.63) is 29.0 Å². The number of nitrogens with one attached hydrogen (secondary N) is 1. The Morgan fingerprint density at radius 3 is 2.72 bits per heavy atom. The van der Waals surface area contributed by atoms with Crippen LogP contribution in [0.2, 0.25) is 5.02 Å². The van der Waals surface area contributed by atoms with E-state index in [4.69, 9.17) is 11.6 Å². The summed E-state index contributed by atoms with van der Waals surface area (Å²) >= 11 is 5.65. The first-order valence-electron chi connectivity index (χ1n) is 6.09. The van der Waals surface area contributed by atoms with Gasteiger partial charge in [0.25, 0.3) is 0 Å². The lowest BCUT2D eigenvalue weighted by atomic mass is 10.3. The molecule has 0 saturated heterocycles. The standard InChI is InChI=1S/C13H18ClFN2O/c1-3-5-8-17(4-2)13(18)16-10-6-7-12(15)11(14)9-10/h6-7,9H,3-5,8H2,1-2H3,(H,16,18). The Morgan fingerprint density at radius 2 is 2.17 bits per heavy atom. The van der Waals surface area contributed by atoms with Crippen LogP contribution in [-0.2, 0) is 0 Å². The molecule has 1 aromatic rings. The van der Waals surface area contributed by atoms with Crippen LogP contribution in [0.1, 0.15) is 26.7 Å². The first-order chi connectivity index (χ1) is 8.58. The maximum absolute atomic E-state index is 13.0. The highest BCUT2D eigenvalue weighted by molar-refractivity contribution is 6.31. The monoisotopic (exact) mass is 272 g/mol. The van der Waals surface area contributed by atoms with Crippen molar-refractivity contribution in [2.45, 2.75) is 26.7 Å². The lowest BCUT2D eigenvalue weighted by Gasteiger charge is -2.21. The zero-order valence-corrected chi connectivity index (χ0v) is 11.4. The molecule has 18 heavy (non-hydrogen) atoms. The van der Waals surface area contributed by atoms with E-state index < -0.39 is 5.82 Å². The van der Waals surface area contributed by atoms with Gasteiger partial charge in [-0.25, -0.2) is 9.18 Å². The van der Waals surface area contributed by atoms with E-state index in [0.717, 1.165) is 12.8 Å². The smallest absolute Gasteiger partial charge is 0.321 e. The third-order valence-electron chi connectivity index (χ3n) is 2.62. The number of halogens is 2. The van der Waals surface area contributed by atoms with Crippen molar-refractivity contribution in [1.29, 1.82) is 0 Å². The number of hydrogen-bond acceptors (Lipinski definition) is 1. The van der Waals surface area contributed by atoms with Gasteiger partial charge in [0.1, 0.15) is 5.82 Å². The fraction of sp³-hybridized carbons (Fsp3) is 0.462. The second-order valence-electron chi connectivity index (χ2n) is 3.99. The fourth-order valence-electron chi connectivity index (χ4n) is 1.53. The van der Waals surface area contributed by atoms with Gasteiger partial charge in [-0.15, -0.1) is 0 Å². The second kappa shape index (κ2) is 7.21. The summed E-state index contributed by atoms with van der Waals surface area (Å²) in [6.07, 6.45) is 2.00. The highest BCUT2D eigenvalue weighted by Gasteiger charge is 2.11. The van der Waals surface area contributed by atoms with Crippen LogP contribution in [0.3, 0.4) is 0 Å². The molecule has 0 heterocycles. The third kappa shape index (κ3) is 4.18. The SMILES string of the molecule is CCCCN(CC)C(=O)Nc1ccc(F)c(Cl)c1. The summed E-state index contributed by atoms with van der Waals surface area (Å²) in [7, 11) is 0. The normalized spacial score (nSPS) is 10.2. The van der Waals surface area contributed by atoms with E-state index in [2.05, 4.69) is 12.2 Å². The van der Waals surface area contributed by atoms with Crippen molar-refractivity contribution < 1.29 is 9.18 Å². The molecule has 5 heteroatoms. The Hall–Kier alpha value is -1.29. The minimum absolute atomic E-state index is 0.00408. The van der Waals surface area contributed by atoms with Crippen LogP contribution >= 0.6 is 11.6 Å². The van der Waals surface area contributed by atoms with Crippen LogP contribution in [-0.4, -0.2) is 24.0 Å². The zero-order valence-electron chi connectivity index (χ0n) is 10.7. The Bertz CT molecular complexity index is 412. The molecule has 0 spiro atoms. The molecule has 0 aliphatic carbocycles. The van der Waals surface area contributed by atoms with Crippen molar-refractivity contribution in [2.24, 2.45) is 0 Å². The third-order valence-corrected chi connectivity index (χ3v) is 2.91. The van der Waals surface area contributed by atoms with E-state index in [9.17, 15) is 9.18 Å². The topological polar surface area (TPSA) is 32.3 Å². The average molecular weight is 273 g/mol. The minimum Gasteiger partial charge on any atom is -0.325 e. The van der Waals surface area contributed by atoms with Crippen molar-refractivity contribution in [2.75, 3.05) is 18.4 Å². The van der Waals surface area contributed by atoms with Crippen LogP contribution in [0.4, 0.5) is 14.9 Å². The van der Waals surface area contributed by atoms with E-state index in [0.29, 0.717) is 18.8 Å². The van der Waals surface area contributed by atoms with Crippen LogP contribution < -0.4 is 5.32 Å². The molecule has 100 valence electrons. The van der Waals surface area contributed by atoms with Crippen molar-refractivity contribution in [3.63, 3.8) is 0 Å². The van der Waals surface area contributed by atoms with Gasteiger partial charge < -0.3 is 10.2 Å². The number of nitrogens with zero attached hydrogens (tertiary/aromatic N) is 1. The number of urea groups is 1. The molecular weight excluding hydrogens is 255 g/mol. The van der Waals surface area contributed by atoms with Gasteiger partial charge in [-0.05, 0) is 31.5 Å². The maximum atomic E-state index is 13.0. The molecule has 0 aliphatic rings. The largest absolute Gasteiger partial charge is 0.325 e. The molecule has 0 aromatic heterocycles. The van der Waals surface area contributed by atoms with Gasteiger partial charge in [0.15, 0.2) is 0 Å². The molecule has 1 aromatic carbocycles. The summed E-state index contributed by atoms with van der Waals surface area (Å²) in [5, 5.41) is 2.71. The maximum Gasteiger partial charge on any atom is 0.321 e. The van der Waals surface area contributed by atoms with Gasteiger partial charge >= 0.3 is 6.03 Å². The van der Waals surface area contributed by atoms with E-state index in [1.54, 1.807) is 4.90 Å². The zero-order chi connectivity index (χ0) is 13.5. The number of amides is 2. The summed E-state index contributed by atoms with van der Waals surface area (Å²) < 4.78 is 13.0. The minimum atomic E-state index is -0.493.